The Morgan fingerprint density at radius 1 is 1.24 bits per heavy atom. The standard InChI is InChI=1S/C16H22N2O3/c1-11(13-6-5-7-14(17)10-13)16(20)21-12(2)15(19)18-8-3-4-9-18/h5-7,10-12H,3-4,8-9,17H2,1-2H3. The molecule has 5 nitrogen and oxygen atoms in total. The molecule has 0 radical (unpaired) electrons. The van der Waals surface area contributed by atoms with Crippen LogP contribution in [0, 0.1) is 0 Å². The van der Waals surface area contributed by atoms with E-state index in [9.17, 15) is 9.59 Å². The Morgan fingerprint density at radius 2 is 1.90 bits per heavy atom. The fourth-order valence-corrected chi connectivity index (χ4v) is 2.49. The lowest BCUT2D eigenvalue weighted by Crippen LogP contribution is -2.38. The topological polar surface area (TPSA) is 72.6 Å². The van der Waals surface area contributed by atoms with Gasteiger partial charge in [-0.05, 0) is 44.4 Å². The summed E-state index contributed by atoms with van der Waals surface area (Å²) in [6.45, 7) is 4.89. The molecular formula is C16H22N2O3. The Balaban J connectivity index is 1.95. The quantitative estimate of drug-likeness (QED) is 0.679. The molecule has 0 bridgehead atoms. The summed E-state index contributed by atoms with van der Waals surface area (Å²) in [5.74, 6) is -0.955. The third-order valence-corrected chi connectivity index (χ3v) is 3.82. The van der Waals surface area contributed by atoms with Gasteiger partial charge in [0.1, 0.15) is 0 Å². The number of likely N-dealkylation sites (tertiary alicyclic amines) is 1. The summed E-state index contributed by atoms with van der Waals surface area (Å²) in [6.07, 6.45) is 1.30. The average Bonchev–Trinajstić information content (AvgIpc) is 2.99. The number of ether oxygens (including phenoxy) is 1. The van der Waals surface area contributed by atoms with Gasteiger partial charge in [-0.1, -0.05) is 12.1 Å². The van der Waals surface area contributed by atoms with Crippen LogP contribution >= 0.6 is 0 Å². The van der Waals surface area contributed by atoms with E-state index >= 15 is 0 Å². The van der Waals surface area contributed by atoms with Gasteiger partial charge in [-0.25, -0.2) is 0 Å². The van der Waals surface area contributed by atoms with E-state index < -0.39 is 18.0 Å². The first kappa shape index (κ1) is 15.4. The minimum Gasteiger partial charge on any atom is -0.452 e. The average molecular weight is 290 g/mol. The molecule has 1 aromatic rings. The Bertz CT molecular complexity index is 524. The third kappa shape index (κ3) is 3.74. The van der Waals surface area contributed by atoms with Crippen LogP contribution in [0.25, 0.3) is 0 Å². The molecule has 2 rings (SSSR count). The molecule has 1 aliphatic heterocycles. The van der Waals surface area contributed by atoms with Gasteiger partial charge in [0.05, 0.1) is 5.92 Å². The van der Waals surface area contributed by atoms with Crippen LogP contribution in [-0.2, 0) is 14.3 Å². The van der Waals surface area contributed by atoms with Crippen LogP contribution in [0.1, 0.15) is 38.2 Å². The molecule has 0 aromatic heterocycles. The van der Waals surface area contributed by atoms with Crippen LogP contribution in [0.4, 0.5) is 5.69 Å². The Hall–Kier alpha value is -2.04. The zero-order valence-electron chi connectivity index (χ0n) is 12.5. The highest BCUT2D eigenvalue weighted by molar-refractivity contribution is 5.85. The number of nitrogens with zero attached hydrogens (tertiary/aromatic N) is 1. The number of benzene rings is 1. The molecule has 5 heteroatoms. The molecule has 2 atom stereocenters. The van der Waals surface area contributed by atoms with Crippen molar-refractivity contribution >= 4 is 17.6 Å². The van der Waals surface area contributed by atoms with E-state index in [1.165, 1.54) is 0 Å². The van der Waals surface area contributed by atoms with E-state index in [1.807, 2.05) is 6.07 Å². The van der Waals surface area contributed by atoms with Gasteiger partial charge in [-0.15, -0.1) is 0 Å². The molecule has 1 fully saturated rings. The maximum atomic E-state index is 12.2. The van der Waals surface area contributed by atoms with Crippen molar-refractivity contribution < 1.29 is 14.3 Å². The highest BCUT2D eigenvalue weighted by Crippen LogP contribution is 2.20. The SMILES string of the molecule is CC(OC(=O)C(C)c1cccc(N)c1)C(=O)N1CCCC1. The van der Waals surface area contributed by atoms with Gasteiger partial charge in [-0.2, -0.15) is 0 Å². The number of carbonyl (C=O) groups is 2. The molecule has 0 aliphatic carbocycles. The smallest absolute Gasteiger partial charge is 0.313 e. The van der Waals surface area contributed by atoms with Crippen LogP contribution in [0.3, 0.4) is 0 Å². The number of amides is 1. The number of esters is 1. The molecule has 1 aromatic carbocycles. The number of anilines is 1. The van der Waals surface area contributed by atoms with Crippen LogP contribution in [0.5, 0.6) is 0 Å². The molecule has 0 spiro atoms. The summed E-state index contributed by atoms with van der Waals surface area (Å²) >= 11 is 0. The van der Waals surface area contributed by atoms with Crippen molar-refractivity contribution in [3.8, 4) is 0 Å². The molecule has 21 heavy (non-hydrogen) atoms. The van der Waals surface area contributed by atoms with Crippen molar-refractivity contribution in [1.82, 2.24) is 4.90 Å². The summed E-state index contributed by atoms with van der Waals surface area (Å²) in [5.41, 5.74) is 7.11. The number of carbonyl (C=O) groups excluding carboxylic acids is 2. The van der Waals surface area contributed by atoms with Crippen molar-refractivity contribution in [2.45, 2.75) is 38.7 Å². The summed E-state index contributed by atoms with van der Waals surface area (Å²) in [6, 6.07) is 7.14. The van der Waals surface area contributed by atoms with Crippen LogP contribution in [0.2, 0.25) is 0 Å². The first-order valence-corrected chi connectivity index (χ1v) is 7.33. The first-order valence-electron chi connectivity index (χ1n) is 7.33. The van der Waals surface area contributed by atoms with E-state index in [-0.39, 0.29) is 5.91 Å². The Morgan fingerprint density at radius 3 is 2.52 bits per heavy atom. The predicted molar refractivity (Wildman–Crippen MR) is 80.6 cm³/mol. The highest BCUT2D eigenvalue weighted by Gasteiger charge is 2.27. The summed E-state index contributed by atoms with van der Waals surface area (Å²) in [5, 5.41) is 0. The van der Waals surface area contributed by atoms with Crippen LogP contribution in [-0.4, -0.2) is 36.0 Å². The van der Waals surface area contributed by atoms with Crippen LogP contribution in [0.15, 0.2) is 24.3 Å². The molecule has 1 aliphatic rings. The lowest BCUT2D eigenvalue weighted by molar-refractivity contribution is -0.159. The second-order valence-corrected chi connectivity index (χ2v) is 5.50. The van der Waals surface area contributed by atoms with Gasteiger partial charge in [0.2, 0.25) is 0 Å². The van der Waals surface area contributed by atoms with Crippen molar-refractivity contribution in [2.24, 2.45) is 0 Å². The van der Waals surface area contributed by atoms with Crippen LogP contribution < -0.4 is 5.73 Å². The van der Waals surface area contributed by atoms with Gasteiger partial charge in [0, 0.05) is 18.8 Å². The summed E-state index contributed by atoms with van der Waals surface area (Å²) in [4.78, 5) is 26.0. The van der Waals surface area contributed by atoms with Crippen molar-refractivity contribution in [1.29, 1.82) is 0 Å². The predicted octanol–water partition coefficient (Wildman–Crippen LogP) is 1.93. The molecule has 0 saturated carbocycles. The molecular weight excluding hydrogens is 268 g/mol. The summed E-state index contributed by atoms with van der Waals surface area (Å²) < 4.78 is 5.31. The molecule has 114 valence electrons. The first-order chi connectivity index (χ1) is 9.99. The molecule has 2 N–H and O–H groups in total. The number of nitrogen functional groups attached to an aromatic ring is 1. The van der Waals surface area contributed by atoms with Crippen molar-refractivity contribution in [3.05, 3.63) is 29.8 Å². The molecule has 1 heterocycles. The molecule has 2 unspecified atom stereocenters. The maximum Gasteiger partial charge on any atom is 0.313 e. The Kier molecular flexibility index (Phi) is 4.83. The fraction of sp³-hybridized carbons (Fsp3) is 0.500. The zero-order valence-corrected chi connectivity index (χ0v) is 12.5. The number of nitrogens with two attached hydrogens (primary N) is 1. The third-order valence-electron chi connectivity index (χ3n) is 3.82. The van der Waals surface area contributed by atoms with Crippen molar-refractivity contribution in [3.63, 3.8) is 0 Å². The zero-order chi connectivity index (χ0) is 15.4. The maximum absolute atomic E-state index is 12.2. The van der Waals surface area contributed by atoms with E-state index in [2.05, 4.69) is 0 Å². The molecule has 1 saturated heterocycles. The number of rotatable bonds is 4. The minimum atomic E-state index is -0.737. The lowest BCUT2D eigenvalue weighted by Gasteiger charge is -2.22. The van der Waals surface area contributed by atoms with E-state index in [4.69, 9.17) is 10.5 Å². The Labute approximate surface area is 125 Å². The second kappa shape index (κ2) is 6.61. The van der Waals surface area contributed by atoms with Gasteiger partial charge < -0.3 is 15.4 Å². The lowest BCUT2D eigenvalue weighted by atomic mass is 10.0. The monoisotopic (exact) mass is 290 g/mol. The number of hydrogen-bond donors (Lipinski definition) is 1. The van der Waals surface area contributed by atoms with Gasteiger partial charge in [0.15, 0.2) is 6.10 Å². The number of hydrogen-bond acceptors (Lipinski definition) is 4. The fourth-order valence-electron chi connectivity index (χ4n) is 2.49. The van der Waals surface area contributed by atoms with E-state index in [1.54, 1.807) is 36.9 Å². The largest absolute Gasteiger partial charge is 0.452 e. The minimum absolute atomic E-state index is 0.111. The van der Waals surface area contributed by atoms with Gasteiger partial charge in [-0.3, -0.25) is 9.59 Å². The normalized spacial score (nSPS) is 17.3. The van der Waals surface area contributed by atoms with E-state index in [0.717, 1.165) is 31.5 Å². The molecule has 1 amide bonds. The van der Waals surface area contributed by atoms with Gasteiger partial charge in [0.25, 0.3) is 5.91 Å². The second-order valence-electron chi connectivity index (χ2n) is 5.50. The van der Waals surface area contributed by atoms with Gasteiger partial charge >= 0.3 is 5.97 Å². The van der Waals surface area contributed by atoms with E-state index in [0.29, 0.717) is 5.69 Å². The van der Waals surface area contributed by atoms with Crippen molar-refractivity contribution in [2.75, 3.05) is 18.8 Å². The summed E-state index contributed by atoms with van der Waals surface area (Å²) in [7, 11) is 0. The highest BCUT2D eigenvalue weighted by atomic mass is 16.5.